The first kappa shape index (κ1) is 17.9. The van der Waals surface area contributed by atoms with Crippen molar-refractivity contribution in [2.45, 2.75) is 32.2 Å². The topological polar surface area (TPSA) is 82.7 Å². The maximum Gasteiger partial charge on any atom is 0.321 e. The van der Waals surface area contributed by atoms with Crippen molar-refractivity contribution in [1.82, 2.24) is 20.9 Å². The van der Waals surface area contributed by atoms with Crippen molar-refractivity contribution in [2.75, 3.05) is 46.4 Å². The molecular formula is C14H28N4O3. The zero-order valence-electron chi connectivity index (χ0n) is 13.1. The summed E-state index contributed by atoms with van der Waals surface area (Å²) < 4.78 is 4.82. The van der Waals surface area contributed by atoms with Crippen LogP contribution in [0.2, 0.25) is 0 Å². The van der Waals surface area contributed by atoms with Crippen LogP contribution in [-0.2, 0) is 9.53 Å². The van der Waals surface area contributed by atoms with Crippen molar-refractivity contribution in [1.29, 1.82) is 0 Å². The molecule has 21 heavy (non-hydrogen) atoms. The number of likely N-dealkylation sites (N-methyl/N-ethyl adjacent to an activating group) is 1. The molecule has 0 aromatic heterocycles. The van der Waals surface area contributed by atoms with Gasteiger partial charge in [-0.2, -0.15) is 0 Å². The molecule has 1 saturated heterocycles. The molecule has 1 unspecified atom stereocenters. The highest BCUT2D eigenvalue weighted by Gasteiger charge is 2.18. The number of ether oxygens (including phenoxy) is 1. The first-order chi connectivity index (χ1) is 10.2. The monoisotopic (exact) mass is 300 g/mol. The maximum atomic E-state index is 11.8. The van der Waals surface area contributed by atoms with Crippen LogP contribution in [-0.4, -0.2) is 69.3 Å². The highest BCUT2D eigenvalue weighted by atomic mass is 16.5. The van der Waals surface area contributed by atoms with Crippen molar-refractivity contribution in [3.05, 3.63) is 0 Å². The molecule has 3 N–H and O–H groups in total. The molecule has 122 valence electrons. The summed E-state index contributed by atoms with van der Waals surface area (Å²) in [4.78, 5) is 25.3. The molecule has 0 bridgehead atoms. The molecule has 7 nitrogen and oxygen atoms in total. The molecule has 0 radical (unpaired) electrons. The van der Waals surface area contributed by atoms with Crippen LogP contribution in [0.15, 0.2) is 0 Å². The zero-order valence-corrected chi connectivity index (χ0v) is 13.1. The molecular weight excluding hydrogens is 272 g/mol. The molecule has 0 aromatic carbocycles. The minimum atomic E-state index is -0.469. The van der Waals surface area contributed by atoms with E-state index in [1.165, 1.54) is 12.8 Å². The van der Waals surface area contributed by atoms with E-state index in [4.69, 9.17) is 4.74 Å². The van der Waals surface area contributed by atoms with Gasteiger partial charge < -0.3 is 15.4 Å². The molecule has 3 amide bonds. The van der Waals surface area contributed by atoms with E-state index in [-0.39, 0.29) is 12.5 Å². The predicted molar refractivity (Wildman–Crippen MR) is 81.2 cm³/mol. The lowest BCUT2D eigenvalue weighted by Crippen LogP contribution is -2.49. The second-order valence-corrected chi connectivity index (χ2v) is 5.27. The van der Waals surface area contributed by atoms with Crippen LogP contribution in [0, 0.1) is 0 Å². The fourth-order valence-corrected chi connectivity index (χ4v) is 2.38. The maximum absolute atomic E-state index is 11.8. The molecule has 1 heterocycles. The molecule has 1 fully saturated rings. The summed E-state index contributed by atoms with van der Waals surface area (Å²) in [5.74, 6) is -0.275. The van der Waals surface area contributed by atoms with Gasteiger partial charge in [0.25, 0.3) is 0 Å². The molecule has 1 aliphatic heterocycles. The van der Waals surface area contributed by atoms with E-state index in [0.717, 1.165) is 26.1 Å². The molecule has 0 aliphatic carbocycles. The number of imide groups is 1. The molecule has 1 atom stereocenters. The summed E-state index contributed by atoms with van der Waals surface area (Å²) in [5, 5.41) is 8.36. The average molecular weight is 300 g/mol. The van der Waals surface area contributed by atoms with Gasteiger partial charge in [-0.05, 0) is 25.9 Å². The number of methoxy groups -OCH3 is 1. The van der Waals surface area contributed by atoms with Gasteiger partial charge in [0.05, 0.1) is 13.2 Å². The Morgan fingerprint density at radius 1 is 1.38 bits per heavy atom. The molecule has 0 saturated carbocycles. The van der Waals surface area contributed by atoms with Gasteiger partial charge in [0.2, 0.25) is 5.91 Å². The van der Waals surface area contributed by atoms with Crippen molar-refractivity contribution in [3.63, 3.8) is 0 Å². The lowest BCUT2D eigenvalue weighted by Gasteiger charge is -2.29. The van der Waals surface area contributed by atoms with E-state index in [1.807, 2.05) is 6.92 Å². The minimum Gasteiger partial charge on any atom is -0.383 e. The van der Waals surface area contributed by atoms with Crippen LogP contribution in [0.4, 0.5) is 4.79 Å². The number of carbonyl (C=O) groups is 2. The largest absolute Gasteiger partial charge is 0.383 e. The molecule has 1 rings (SSSR count). The molecule has 0 spiro atoms. The summed E-state index contributed by atoms with van der Waals surface area (Å²) in [6, 6.07) is -0.0223. The van der Waals surface area contributed by atoms with Gasteiger partial charge in [-0.1, -0.05) is 13.3 Å². The lowest BCUT2D eigenvalue weighted by atomic mass is 10.0. The standard InChI is InChI=1S/C14H28N4O3/c1-3-18(10-12-6-4-5-7-15-12)11-13(19)17-14(20)16-8-9-21-2/h12,15H,3-11H2,1-2H3,(H2,16,17,19,20). The fraction of sp³-hybridized carbons (Fsp3) is 0.857. The van der Waals surface area contributed by atoms with Gasteiger partial charge in [-0.3, -0.25) is 15.0 Å². The number of urea groups is 1. The Balaban J connectivity index is 2.24. The zero-order chi connectivity index (χ0) is 15.5. The van der Waals surface area contributed by atoms with E-state index in [9.17, 15) is 9.59 Å². The second-order valence-electron chi connectivity index (χ2n) is 5.27. The first-order valence-corrected chi connectivity index (χ1v) is 7.68. The third-order valence-electron chi connectivity index (χ3n) is 3.55. The Morgan fingerprint density at radius 3 is 2.81 bits per heavy atom. The number of nitrogens with one attached hydrogen (secondary N) is 3. The van der Waals surface area contributed by atoms with Crippen molar-refractivity contribution in [2.24, 2.45) is 0 Å². The van der Waals surface area contributed by atoms with E-state index in [2.05, 4.69) is 20.9 Å². The van der Waals surface area contributed by atoms with Crippen molar-refractivity contribution < 1.29 is 14.3 Å². The number of rotatable bonds is 8. The van der Waals surface area contributed by atoms with Crippen molar-refractivity contribution >= 4 is 11.9 Å². The second kappa shape index (κ2) is 10.5. The van der Waals surface area contributed by atoms with Gasteiger partial charge in [0.1, 0.15) is 0 Å². The molecule has 0 aromatic rings. The van der Waals surface area contributed by atoms with Crippen LogP contribution in [0.1, 0.15) is 26.2 Å². The van der Waals surface area contributed by atoms with Crippen LogP contribution in [0.5, 0.6) is 0 Å². The minimum absolute atomic E-state index is 0.242. The normalized spacial score (nSPS) is 18.5. The summed E-state index contributed by atoms with van der Waals surface area (Å²) >= 11 is 0. The summed E-state index contributed by atoms with van der Waals surface area (Å²) in [6.07, 6.45) is 3.61. The third kappa shape index (κ3) is 7.99. The highest BCUT2D eigenvalue weighted by molar-refractivity contribution is 5.95. The number of hydrogen-bond donors (Lipinski definition) is 3. The molecule has 7 heteroatoms. The van der Waals surface area contributed by atoms with Crippen LogP contribution < -0.4 is 16.0 Å². The van der Waals surface area contributed by atoms with Gasteiger partial charge in [0, 0.05) is 26.2 Å². The highest BCUT2D eigenvalue weighted by Crippen LogP contribution is 2.08. The number of nitrogens with zero attached hydrogens (tertiary/aromatic N) is 1. The Morgan fingerprint density at radius 2 is 2.19 bits per heavy atom. The quantitative estimate of drug-likeness (QED) is 0.546. The lowest BCUT2D eigenvalue weighted by molar-refractivity contribution is -0.121. The van der Waals surface area contributed by atoms with Crippen LogP contribution >= 0.6 is 0 Å². The first-order valence-electron chi connectivity index (χ1n) is 7.68. The third-order valence-corrected chi connectivity index (χ3v) is 3.55. The fourth-order valence-electron chi connectivity index (χ4n) is 2.38. The average Bonchev–Trinajstić information content (AvgIpc) is 2.47. The van der Waals surface area contributed by atoms with Crippen LogP contribution in [0.3, 0.4) is 0 Å². The Hall–Kier alpha value is -1.18. The predicted octanol–water partition coefficient (Wildman–Crippen LogP) is -0.0774. The Bertz CT molecular complexity index is 319. The molecule has 1 aliphatic rings. The van der Waals surface area contributed by atoms with E-state index >= 15 is 0 Å². The summed E-state index contributed by atoms with van der Waals surface area (Å²) in [7, 11) is 1.56. The van der Waals surface area contributed by atoms with Gasteiger partial charge in [0.15, 0.2) is 0 Å². The number of hydrogen-bond acceptors (Lipinski definition) is 5. The summed E-state index contributed by atoms with van der Waals surface area (Å²) in [5.41, 5.74) is 0. The van der Waals surface area contributed by atoms with Crippen molar-refractivity contribution in [3.8, 4) is 0 Å². The van der Waals surface area contributed by atoms with Gasteiger partial charge in [-0.25, -0.2) is 4.79 Å². The number of piperidine rings is 1. The van der Waals surface area contributed by atoms with E-state index in [1.54, 1.807) is 7.11 Å². The SMILES string of the molecule is CCN(CC(=O)NC(=O)NCCOC)CC1CCCCN1. The van der Waals surface area contributed by atoms with Gasteiger partial charge >= 0.3 is 6.03 Å². The van der Waals surface area contributed by atoms with E-state index in [0.29, 0.717) is 19.2 Å². The number of carbonyl (C=O) groups excluding carboxylic acids is 2. The van der Waals surface area contributed by atoms with Gasteiger partial charge in [-0.15, -0.1) is 0 Å². The Labute approximate surface area is 126 Å². The Kier molecular flexibility index (Phi) is 8.96. The summed E-state index contributed by atoms with van der Waals surface area (Å²) in [6.45, 7) is 5.76. The number of amides is 3. The van der Waals surface area contributed by atoms with E-state index < -0.39 is 6.03 Å². The van der Waals surface area contributed by atoms with Crippen LogP contribution in [0.25, 0.3) is 0 Å². The smallest absolute Gasteiger partial charge is 0.321 e.